The van der Waals surface area contributed by atoms with E-state index in [9.17, 15) is 4.79 Å². The third kappa shape index (κ3) is 3.48. The monoisotopic (exact) mass is 227 g/mol. The van der Waals surface area contributed by atoms with Gasteiger partial charge in [0.15, 0.2) is 0 Å². The fourth-order valence-electron chi connectivity index (χ4n) is 2.69. The molecule has 16 heavy (non-hydrogen) atoms. The summed E-state index contributed by atoms with van der Waals surface area (Å²) in [5, 5.41) is 8.96. The van der Waals surface area contributed by atoms with Crippen molar-refractivity contribution in [1.29, 1.82) is 0 Å². The molecule has 0 bridgehead atoms. The molecule has 0 aromatic rings. The average molecular weight is 227 g/mol. The van der Waals surface area contributed by atoms with Crippen molar-refractivity contribution >= 4 is 5.97 Å². The van der Waals surface area contributed by atoms with E-state index in [1.165, 1.54) is 0 Å². The Kier molecular flexibility index (Phi) is 4.78. The van der Waals surface area contributed by atoms with Gasteiger partial charge in [-0.05, 0) is 30.7 Å². The number of carbonyl (C=O) groups is 1. The van der Waals surface area contributed by atoms with Crippen LogP contribution >= 0.6 is 0 Å². The van der Waals surface area contributed by atoms with E-state index in [1.54, 1.807) is 0 Å². The Morgan fingerprint density at radius 3 is 2.25 bits per heavy atom. The first kappa shape index (κ1) is 13.5. The molecule has 1 aliphatic rings. The molecule has 0 radical (unpaired) electrons. The maximum atomic E-state index is 10.9. The summed E-state index contributed by atoms with van der Waals surface area (Å²) < 4.78 is 0. The quantitative estimate of drug-likeness (QED) is 0.783. The van der Waals surface area contributed by atoms with Gasteiger partial charge >= 0.3 is 5.97 Å². The number of hydrogen-bond donors (Lipinski definition) is 1. The van der Waals surface area contributed by atoms with Crippen LogP contribution in [0, 0.1) is 23.7 Å². The molecule has 0 aromatic carbocycles. The van der Waals surface area contributed by atoms with E-state index in [2.05, 4.69) is 32.6 Å². The first-order chi connectivity index (χ1) is 7.41. The van der Waals surface area contributed by atoms with Gasteiger partial charge in [0, 0.05) is 13.1 Å². The Balaban J connectivity index is 2.46. The van der Waals surface area contributed by atoms with Crippen LogP contribution in [0.15, 0.2) is 0 Å². The van der Waals surface area contributed by atoms with Crippen molar-refractivity contribution in [2.24, 2.45) is 23.7 Å². The van der Waals surface area contributed by atoms with Crippen LogP contribution in [-0.2, 0) is 4.79 Å². The number of carboxylic acids is 1. The number of aliphatic carboxylic acids is 1. The summed E-state index contributed by atoms with van der Waals surface area (Å²) in [6.45, 7) is 11.8. The van der Waals surface area contributed by atoms with E-state index in [-0.39, 0.29) is 5.92 Å². The molecular formula is C13H25NO2. The molecule has 1 saturated heterocycles. The molecular weight excluding hydrogens is 202 g/mol. The largest absolute Gasteiger partial charge is 0.481 e. The SMILES string of the molecule is CC(C)C(CN1CCC(C(=O)O)C1)C(C)C. The summed E-state index contributed by atoms with van der Waals surface area (Å²) in [6, 6.07) is 0. The lowest BCUT2D eigenvalue weighted by Gasteiger charge is -2.29. The number of hydrogen-bond acceptors (Lipinski definition) is 2. The van der Waals surface area contributed by atoms with Crippen molar-refractivity contribution < 1.29 is 9.90 Å². The van der Waals surface area contributed by atoms with Crippen molar-refractivity contribution in [1.82, 2.24) is 4.90 Å². The second kappa shape index (κ2) is 5.67. The Morgan fingerprint density at radius 2 is 1.88 bits per heavy atom. The summed E-state index contributed by atoms with van der Waals surface area (Å²) in [5.41, 5.74) is 0. The summed E-state index contributed by atoms with van der Waals surface area (Å²) in [5.74, 6) is 1.24. The Bertz CT molecular complexity index is 230. The fraction of sp³-hybridized carbons (Fsp3) is 0.923. The molecule has 0 aliphatic carbocycles. The Morgan fingerprint density at radius 1 is 1.31 bits per heavy atom. The first-order valence-corrected chi connectivity index (χ1v) is 6.37. The molecule has 3 nitrogen and oxygen atoms in total. The minimum absolute atomic E-state index is 0.139. The number of nitrogens with zero attached hydrogens (tertiary/aromatic N) is 1. The molecule has 1 fully saturated rings. The highest BCUT2D eigenvalue weighted by molar-refractivity contribution is 5.70. The van der Waals surface area contributed by atoms with E-state index in [1.807, 2.05) is 0 Å². The molecule has 1 atom stereocenters. The van der Waals surface area contributed by atoms with E-state index in [0.29, 0.717) is 17.8 Å². The maximum absolute atomic E-state index is 10.9. The van der Waals surface area contributed by atoms with Crippen molar-refractivity contribution in [3.63, 3.8) is 0 Å². The predicted octanol–water partition coefficient (Wildman–Crippen LogP) is 2.32. The molecule has 1 aliphatic heterocycles. The van der Waals surface area contributed by atoms with Crippen molar-refractivity contribution in [3.05, 3.63) is 0 Å². The lowest BCUT2D eigenvalue weighted by molar-refractivity contribution is -0.141. The van der Waals surface area contributed by atoms with Gasteiger partial charge in [-0.2, -0.15) is 0 Å². The zero-order valence-electron chi connectivity index (χ0n) is 10.9. The highest BCUT2D eigenvalue weighted by Crippen LogP contribution is 2.25. The van der Waals surface area contributed by atoms with Gasteiger partial charge in [-0.15, -0.1) is 0 Å². The van der Waals surface area contributed by atoms with Crippen LogP contribution in [0.2, 0.25) is 0 Å². The molecule has 94 valence electrons. The number of carboxylic acid groups (broad SMARTS) is 1. The van der Waals surface area contributed by atoms with E-state index in [4.69, 9.17) is 5.11 Å². The van der Waals surface area contributed by atoms with Crippen LogP contribution in [0.3, 0.4) is 0 Å². The second-order valence-corrected chi connectivity index (χ2v) is 5.74. The zero-order valence-corrected chi connectivity index (χ0v) is 10.9. The molecule has 0 aromatic heterocycles. The van der Waals surface area contributed by atoms with Crippen molar-refractivity contribution in [2.75, 3.05) is 19.6 Å². The lowest BCUT2D eigenvalue weighted by Crippen LogP contribution is -2.33. The van der Waals surface area contributed by atoms with Gasteiger partial charge in [-0.1, -0.05) is 27.7 Å². The van der Waals surface area contributed by atoms with Crippen LogP contribution in [0.25, 0.3) is 0 Å². The summed E-state index contributed by atoms with van der Waals surface area (Å²) in [4.78, 5) is 13.2. The molecule has 0 saturated carbocycles. The Labute approximate surface area is 98.8 Å². The van der Waals surface area contributed by atoms with Crippen LogP contribution in [0.1, 0.15) is 34.1 Å². The fourth-order valence-corrected chi connectivity index (χ4v) is 2.69. The molecule has 1 N–H and O–H groups in total. The van der Waals surface area contributed by atoms with Gasteiger partial charge in [-0.3, -0.25) is 4.79 Å². The van der Waals surface area contributed by atoms with E-state index < -0.39 is 5.97 Å². The van der Waals surface area contributed by atoms with Crippen LogP contribution in [0.5, 0.6) is 0 Å². The van der Waals surface area contributed by atoms with Gasteiger partial charge < -0.3 is 10.0 Å². The van der Waals surface area contributed by atoms with Crippen LogP contribution in [-0.4, -0.2) is 35.6 Å². The average Bonchev–Trinajstić information content (AvgIpc) is 2.61. The molecule has 0 spiro atoms. The smallest absolute Gasteiger partial charge is 0.307 e. The third-order valence-corrected chi connectivity index (χ3v) is 3.80. The first-order valence-electron chi connectivity index (χ1n) is 6.37. The summed E-state index contributed by atoms with van der Waals surface area (Å²) in [7, 11) is 0. The minimum atomic E-state index is -0.631. The zero-order chi connectivity index (χ0) is 12.3. The van der Waals surface area contributed by atoms with Gasteiger partial charge in [-0.25, -0.2) is 0 Å². The van der Waals surface area contributed by atoms with Gasteiger partial charge in [0.1, 0.15) is 0 Å². The minimum Gasteiger partial charge on any atom is -0.481 e. The highest BCUT2D eigenvalue weighted by Gasteiger charge is 2.30. The van der Waals surface area contributed by atoms with Gasteiger partial charge in [0.25, 0.3) is 0 Å². The summed E-state index contributed by atoms with van der Waals surface area (Å²) >= 11 is 0. The van der Waals surface area contributed by atoms with Crippen LogP contribution in [0.4, 0.5) is 0 Å². The number of rotatable bonds is 5. The third-order valence-electron chi connectivity index (χ3n) is 3.80. The normalized spacial score (nSPS) is 22.6. The van der Waals surface area contributed by atoms with Crippen molar-refractivity contribution in [2.45, 2.75) is 34.1 Å². The van der Waals surface area contributed by atoms with Crippen molar-refractivity contribution in [3.8, 4) is 0 Å². The maximum Gasteiger partial charge on any atom is 0.307 e. The van der Waals surface area contributed by atoms with E-state index >= 15 is 0 Å². The molecule has 3 heteroatoms. The van der Waals surface area contributed by atoms with Gasteiger partial charge in [0.2, 0.25) is 0 Å². The van der Waals surface area contributed by atoms with Crippen LogP contribution < -0.4 is 0 Å². The lowest BCUT2D eigenvalue weighted by atomic mass is 9.85. The summed E-state index contributed by atoms with van der Waals surface area (Å²) in [6.07, 6.45) is 0.818. The topological polar surface area (TPSA) is 40.5 Å². The number of likely N-dealkylation sites (tertiary alicyclic amines) is 1. The highest BCUT2D eigenvalue weighted by atomic mass is 16.4. The standard InChI is InChI=1S/C13H25NO2/c1-9(2)12(10(3)4)8-14-6-5-11(7-14)13(15)16/h9-12H,5-8H2,1-4H3,(H,15,16). The Hall–Kier alpha value is -0.570. The molecule has 1 unspecified atom stereocenters. The van der Waals surface area contributed by atoms with E-state index in [0.717, 1.165) is 26.1 Å². The molecule has 1 heterocycles. The van der Waals surface area contributed by atoms with Gasteiger partial charge in [0.05, 0.1) is 5.92 Å². The molecule has 0 amide bonds. The second-order valence-electron chi connectivity index (χ2n) is 5.74. The molecule has 1 rings (SSSR count). The predicted molar refractivity (Wildman–Crippen MR) is 65.3 cm³/mol.